The van der Waals surface area contributed by atoms with Crippen molar-refractivity contribution in [3.8, 4) is 11.5 Å². The average molecular weight is 390 g/mol. The largest absolute Gasteiger partial charge is 0.493 e. The van der Waals surface area contributed by atoms with Gasteiger partial charge in [0.2, 0.25) is 11.0 Å². The Kier molecular flexibility index (Phi) is 7.04. The Morgan fingerprint density at radius 3 is 2.67 bits per heavy atom. The van der Waals surface area contributed by atoms with E-state index in [4.69, 9.17) is 9.47 Å². The first-order valence-electron chi connectivity index (χ1n) is 9.51. The summed E-state index contributed by atoms with van der Waals surface area (Å²) in [5.41, 5.74) is 1.05. The van der Waals surface area contributed by atoms with E-state index in [9.17, 15) is 4.79 Å². The highest BCUT2D eigenvalue weighted by Crippen LogP contribution is 2.30. The summed E-state index contributed by atoms with van der Waals surface area (Å²) in [6.45, 7) is 0. The molecule has 1 N–H and O–H groups in total. The Labute approximate surface area is 164 Å². The third-order valence-electron chi connectivity index (χ3n) is 5.02. The number of nitrogens with one attached hydrogen (secondary N) is 1. The first-order chi connectivity index (χ1) is 13.2. The minimum absolute atomic E-state index is 0.0365. The molecule has 1 aromatic heterocycles. The Bertz CT molecular complexity index is 757. The van der Waals surface area contributed by atoms with Crippen molar-refractivity contribution in [3.63, 3.8) is 0 Å². The van der Waals surface area contributed by atoms with Crippen LogP contribution in [0.5, 0.6) is 11.5 Å². The van der Waals surface area contributed by atoms with Gasteiger partial charge in [0.15, 0.2) is 11.5 Å². The number of hydrogen-bond donors (Lipinski definition) is 1. The average Bonchev–Trinajstić information content (AvgIpc) is 3.13. The van der Waals surface area contributed by atoms with E-state index in [0.29, 0.717) is 35.4 Å². The van der Waals surface area contributed by atoms with Gasteiger partial charge in [-0.05, 0) is 30.0 Å². The topological polar surface area (TPSA) is 73.3 Å². The number of rotatable bonds is 8. The van der Waals surface area contributed by atoms with Crippen molar-refractivity contribution < 1.29 is 14.3 Å². The van der Waals surface area contributed by atoms with Crippen molar-refractivity contribution in [2.45, 2.75) is 51.4 Å². The highest BCUT2D eigenvalue weighted by molar-refractivity contribution is 7.15. The fraction of sp³-hybridized carbons (Fsp3) is 0.550. The van der Waals surface area contributed by atoms with Crippen molar-refractivity contribution in [2.24, 2.45) is 5.92 Å². The lowest BCUT2D eigenvalue weighted by atomic mass is 9.86. The third-order valence-corrected chi connectivity index (χ3v) is 5.86. The van der Waals surface area contributed by atoms with Crippen LogP contribution in [0.15, 0.2) is 18.2 Å². The van der Waals surface area contributed by atoms with Crippen LogP contribution in [0.25, 0.3) is 0 Å². The van der Waals surface area contributed by atoms with E-state index in [1.807, 2.05) is 18.2 Å². The molecule has 1 saturated carbocycles. The van der Waals surface area contributed by atoms with E-state index in [0.717, 1.165) is 17.0 Å². The van der Waals surface area contributed by atoms with Gasteiger partial charge in [-0.1, -0.05) is 49.5 Å². The zero-order chi connectivity index (χ0) is 19.1. The molecule has 146 valence electrons. The van der Waals surface area contributed by atoms with Gasteiger partial charge in [0.25, 0.3) is 0 Å². The second kappa shape index (κ2) is 9.69. The molecule has 0 unspecified atom stereocenters. The van der Waals surface area contributed by atoms with Crippen molar-refractivity contribution in [3.05, 3.63) is 28.8 Å². The van der Waals surface area contributed by atoms with Gasteiger partial charge in [-0.25, -0.2) is 0 Å². The van der Waals surface area contributed by atoms with Crippen LogP contribution in [-0.4, -0.2) is 30.3 Å². The molecule has 0 spiro atoms. The zero-order valence-electron chi connectivity index (χ0n) is 16.0. The maximum Gasteiger partial charge on any atom is 0.226 e. The van der Waals surface area contributed by atoms with Crippen LogP contribution >= 0.6 is 11.3 Å². The maximum absolute atomic E-state index is 12.2. The van der Waals surface area contributed by atoms with Gasteiger partial charge in [-0.2, -0.15) is 0 Å². The third kappa shape index (κ3) is 5.66. The van der Waals surface area contributed by atoms with E-state index in [1.165, 1.54) is 43.4 Å². The molecule has 1 aromatic carbocycles. The lowest BCUT2D eigenvalue weighted by molar-refractivity contribution is -0.116. The van der Waals surface area contributed by atoms with Crippen molar-refractivity contribution in [1.29, 1.82) is 0 Å². The van der Waals surface area contributed by atoms with Gasteiger partial charge < -0.3 is 14.8 Å². The molecule has 0 bridgehead atoms. The molecule has 0 aliphatic heterocycles. The van der Waals surface area contributed by atoms with E-state index in [2.05, 4.69) is 15.5 Å². The standard InChI is InChI=1S/C20H27N3O3S/c1-25-16-10-8-15(12-17(16)26-2)13-19-22-23-20(27-19)21-18(24)11-9-14-6-4-3-5-7-14/h8,10,12,14H,3-7,9,11,13H2,1-2H3,(H,21,23,24). The quantitative estimate of drug-likeness (QED) is 0.722. The molecule has 3 rings (SSSR count). The van der Waals surface area contributed by atoms with Crippen LogP contribution in [0.1, 0.15) is 55.5 Å². The number of aromatic nitrogens is 2. The Morgan fingerprint density at radius 2 is 1.93 bits per heavy atom. The lowest BCUT2D eigenvalue weighted by Gasteiger charge is -2.20. The van der Waals surface area contributed by atoms with Crippen molar-refractivity contribution in [2.75, 3.05) is 19.5 Å². The number of nitrogens with zero attached hydrogens (tertiary/aromatic N) is 2. The highest BCUT2D eigenvalue weighted by atomic mass is 32.1. The number of benzene rings is 1. The molecule has 0 saturated heterocycles. The predicted molar refractivity (Wildman–Crippen MR) is 107 cm³/mol. The van der Waals surface area contributed by atoms with Gasteiger partial charge in [0.05, 0.1) is 14.2 Å². The monoisotopic (exact) mass is 389 g/mol. The molecule has 1 aliphatic rings. The second-order valence-corrected chi connectivity index (χ2v) is 8.02. The van der Waals surface area contributed by atoms with Crippen LogP contribution in [0, 0.1) is 5.92 Å². The van der Waals surface area contributed by atoms with Crippen LogP contribution in [0.2, 0.25) is 0 Å². The summed E-state index contributed by atoms with van der Waals surface area (Å²) in [4.78, 5) is 12.2. The maximum atomic E-state index is 12.2. The minimum Gasteiger partial charge on any atom is -0.493 e. The molecule has 1 fully saturated rings. The molecule has 2 aromatic rings. The number of hydrogen-bond acceptors (Lipinski definition) is 6. The summed E-state index contributed by atoms with van der Waals surface area (Å²) in [5, 5.41) is 12.6. The van der Waals surface area contributed by atoms with Gasteiger partial charge in [-0.3, -0.25) is 4.79 Å². The number of ether oxygens (including phenoxy) is 2. The fourth-order valence-electron chi connectivity index (χ4n) is 3.53. The van der Waals surface area contributed by atoms with E-state index in [1.54, 1.807) is 14.2 Å². The fourth-order valence-corrected chi connectivity index (χ4v) is 4.32. The molecule has 6 nitrogen and oxygen atoms in total. The van der Waals surface area contributed by atoms with Crippen molar-refractivity contribution >= 4 is 22.4 Å². The number of carbonyl (C=O) groups is 1. The Balaban J connectivity index is 1.51. The summed E-state index contributed by atoms with van der Waals surface area (Å²) < 4.78 is 10.6. The second-order valence-electron chi connectivity index (χ2n) is 6.96. The minimum atomic E-state index is 0.0365. The lowest BCUT2D eigenvalue weighted by Crippen LogP contribution is -2.14. The summed E-state index contributed by atoms with van der Waals surface area (Å²) in [6, 6.07) is 5.79. The van der Waals surface area contributed by atoms with Crippen molar-refractivity contribution in [1.82, 2.24) is 10.2 Å². The normalized spacial score (nSPS) is 14.7. The SMILES string of the molecule is COc1ccc(Cc2nnc(NC(=O)CCC3CCCCC3)s2)cc1OC. The summed E-state index contributed by atoms with van der Waals surface area (Å²) in [6.07, 6.45) is 8.66. The summed E-state index contributed by atoms with van der Waals surface area (Å²) in [7, 11) is 3.24. The highest BCUT2D eigenvalue weighted by Gasteiger charge is 2.16. The van der Waals surface area contributed by atoms with E-state index < -0.39 is 0 Å². The number of amides is 1. The first kappa shape index (κ1) is 19.6. The van der Waals surface area contributed by atoms with E-state index >= 15 is 0 Å². The molecule has 1 aliphatic carbocycles. The molecular weight excluding hydrogens is 362 g/mol. The smallest absolute Gasteiger partial charge is 0.226 e. The van der Waals surface area contributed by atoms with Crippen LogP contribution < -0.4 is 14.8 Å². The number of methoxy groups -OCH3 is 2. The Hall–Kier alpha value is -2.15. The number of anilines is 1. The molecule has 0 radical (unpaired) electrons. The van der Waals surface area contributed by atoms with Crippen LogP contribution in [-0.2, 0) is 11.2 Å². The summed E-state index contributed by atoms with van der Waals surface area (Å²) >= 11 is 1.41. The molecule has 1 heterocycles. The summed E-state index contributed by atoms with van der Waals surface area (Å²) in [5.74, 6) is 2.13. The Morgan fingerprint density at radius 1 is 1.15 bits per heavy atom. The molecular formula is C20H27N3O3S. The number of carbonyl (C=O) groups excluding carboxylic acids is 1. The van der Waals surface area contributed by atoms with Gasteiger partial charge in [0.1, 0.15) is 5.01 Å². The van der Waals surface area contributed by atoms with Crippen LogP contribution in [0.4, 0.5) is 5.13 Å². The molecule has 7 heteroatoms. The van der Waals surface area contributed by atoms with E-state index in [-0.39, 0.29) is 5.91 Å². The molecule has 0 atom stereocenters. The molecule has 1 amide bonds. The molecule has 27 heavy (non-hydrogen) atoms. The predicted octanol–water partition coefficient (Wildman–Crippen LogP) is 4.45. The van der Waals surface area contributed by atoms with Gasteiger partial charge >= 0.3 is 0 Å². The first-order valence-corrected chi connectivity index (χ1v) is 10.3. The zero-order valence-corrected chi connectivity index (χ0v) is 16.8. The van der Waals surface area contributed by atoms with Crippen LogP contribution in [0.3, 0.4) is 0 Å². The van der Waals surface area contributed by atoms with Gasteiger partial charge in [0, 0.05) is 12.8 Å². The van der Waals surface area contributed by atoms with Gasteiger partial charge in [-0.15, -0.1) is 10.2 Å².